The average Bonchev–Trinajstić information content (AvgIpc) is 2.85. The smallest absolute Gasteiger partial charge is 0.254 e. The maximum absolute atomic E-state index is 4.40. The lowest BCUT2D eigenvalue weighted by Gasteiger charge is -2.34. The van der Waals surface area contributed by atoms with Crippen molar-refractivity contribution in [2.75, 3.05) is 11.9 Å². The first-order valence-electron chi connectivity index (χ1n) is 7.05. The molecule has 1 fully saturated rings. The highest BCUT2D eigenvalue weighted by Crippen LogP contribution is 2.29. The number of hydrogen-bond acceptors (Lipinski definition) is 4. The lowest BCUT2D eigenvalue weighted by molar-refractivity contribution is 0.339. The van der Waals surface area contributed by atoms with E-state index >= 15 is 0 Å². The molecule has 0 radical (unpaired) electrons. The number of anilines is 1. The van der Waals surface area contributed by atoms with Gasteiger partial charge in [0.15, 0.2) is 0 Å². The summed E-state index contributed by atoms with van der Waals surface area (Å²) in [6.45, 7) is 4.36. The van der Waals surface area contributed by atoms with Crippen LogP contribution in [0.15, 0.2) is 12.4 Å². The number of aromatic nitrogens is 4. The molecule has 1 saturated carbocycles. The Morgan fingerprint density at radius 3 is 2.74 bits per heavy atom. The largest absolute Gasteiger partial charge is 0.356 e. The molecule has 2 aromatic rings. The molecule has 1 aliphatic carbocycles. The molecule has 0 amide bonds. The van der Waals surface area contributed by atoms with Crippen LogP contribution in [0.5, 0.6) is 0 Å². The van der Waals surface area contributed by atoms with E-state index in [-0.39, 0.29) is 0 Å². The Morgan fingerprint density at radius 1 is 1.26 bits per heavy atom. The Kier molecular flexibility index (Phi) is 3.12. The van der Waals surface area contributed by atoms with Crippen LogP contribution in [0.1, 0.15) is 38.3 Å². The molecular weight excluding hydrogens is 238 g/mol. The van der Waals surface area contributed by atoms with E-state index in [1.165, 1.54) is 25.7 Å². The molecule has 2 aromatic heterocycles. The molecule has 0 unspecified atom stereocenters. The summed E-state index contributed by atoms with van der Waals surface area (Å²) in [6, 6.07) is 2.70. The van der Waals surface area contributed by atoms with Crippen molar-refractivity contribution in [2.24, 2.45) is 5.92 Å². The molecule has 19 heavy (non-hydrogen) atoms. The molecular formula is C14H21N5. The van der Waals surface area contributed by atoms with Gasteiger partial charge in [0, 0.05) is 24.8 Å². The maximum Gasteiger partial charge on any atom is 0.254 e. The first-order valence-corrected chi connectivity index (χ1v) is 7.05. The van der Waals surface area contributed by atoms with E-state index in [1.807, 2.05) is 11.4 Å². The number of fused-ring (bicyclic) bond motifs is 1. The lowest BCUT2D eigenvalue weighted by Crippen LogP contribution is -2.36. The fraction of sp³-hybridized carbons (Fsp3) is 0.643. The Balaban J connectivity index is 1.92. The molecule has 1 aliphatic rings. The molecule has 0 saturated heterocycles. The van der Waals surface area contributed by atoms with Gasteiger partial charge in [0.25, 0.3) is 5.78 Å². The first kappa shape index (κ1) is 12.4. The predicted octanol–water partition coefficient (Wildman–Crippen LogP) is 2.45. The highest BCUT2D eigenvalue weighted by Gasteiger charge is 2.23. The van der Waals surface area contributed by atoms with E-state index in [0.717, 1.165) is 17.4 Å². The molecule has 102 valence electrons. The van der Waals surface area contributed by atoms with Crippen LogP contribution in [0.4, 0.5) is 5.82 Å². The molecule has 0 spiro atoms. The highest BCUT2D eigenvalue weighted by atomic mass is 15.4. The van der Waals surface area contributed by atoms with Crippen molar-refractivity contribution in [3.63, 3.8) is 0 Å². The second kappa shape index (κ2) is 4.79. The van der Waals surface area contributed by atoms with E-state index < -0.39 is 0 Å². The molecule has 2 heterocycles. The Hall–Kier alpha value is -1.65. The summed E-state index contributed by atoms with van der Waals surface area (Å²) in [5.41, 5.74) is 0.992. The first-order chi connectivity index (χ1) is 9.15. The Bertz CT molecular complexity index is 568. The van der Waals surface area contributed by atoms with E-state index in [4.69, 9.17) is 0 Å². The van der Waals surface area contributed by atoms with Crippen LogP contribution in [-0.2, 0) is 0 Å². The van der Waals surface area contributed by atoms with Gasteiger partial charge in [-0.15, -0.1) is 0 Å². The van der Waals surface area contributed by atoms with Gasteiger partial charge in [-0.1, -0.05) is 6.92 Å². The standard InChI is InChI=1S/C14H21N5/c1-10-4-6-12(7-5-10)18(3)13-8-11(2)17-14-15-9-16-19(13)14/h8-10,12H,4-7H2,1-3H3. The third-order valence-electron chi connectivity index (χ3n) is 4.26. The zero-order valence-electron chi connectivity index (χ0n) is 11.9. The van der Waals surface area contributed by atoms with Crippen LogP contribution >= 0.6 is 0 Å². The number of hydrogen-bond donors (Lipinski definition) is 0. The Labute approximate surface area is 113 Å². The summed E-state index contributed by atoms with van der Waals surface area (Å²) in [6.07, 6.45) is 6.73. The van der Waals surface area contributed by atoms with Crippen LogP contribution in [0, 0.1) is 12.8 Å². The zero-order valence-corrected chi connectivity index (χ0v) is 11.9. The van der Waals surface area contributed by atoms with Crippen LogP contribution in [0.3, 0.4) is 0 Å². The van der Waals surface area contributed by atoms with Crippen molar-refractivity contribution < 1.29 is 0 Å². The summed E-state index contributed by atoms with van der Waals surface area (Å²) >= 11 is 0. The van der Waals surface area contributed by atoms with Gasteiger partial charge in [-0.25, -0.2) is 4.98 Å². The number of rotatable bonds is 2. The number of aryl methyl sites for hydroxylation is 1. The minimum atomic E-state index is 0.602. The van der Waals surface area contributed by atoms with Gasteiger partial charge in [0.2, 0.25) is 0 Å². The average molecular weight is 259 g/mol. The minimum Gasteiger partial charge on any atom is -0.356 e. The van der Waals surface area contributed by atoms with Crippen LogP contribution in [0.2, 0.25) is 0 Å². The molecule has 0 bridgehead atoms. The highest BCUT2D eigenvalue weighted by molar-refractivity contribution is 5.47. The number of nitrogens with zero attached hydrogens (tertiary/aromatic N) is 5. The molecule has 0 N–H and O–H groups in total. The monoisotopic (exact) mass is 259 g/mol. The van der Waals surface area contributed by atoms with Crippen molar-refractivity contribution in [3.8, 4) is 0 Å². The third kappa shape index (κ3) is 2.29. The summed E-state index contributed by atoms with van der Waals surface area (Å²) in [7, 11) is 2.16. The second-order valence-corrected chi connectivity index (χ2v) is 5.75. The SMILES string of the molecule is Cc1cc(N(C)C2CCC(C)CC2)n2ncnc2n1. The summed E-state index contributed by atoms with van der Waals surface area (Å²) < 4.78 is 1.84. The minimum absolute atomic E-state index is 0.602. The molecule has 5 nitrogen and oxygen atoms in total. The molecule has 0 atom stereocenters. The van der Waals surface area contributed by atoms with Crippen molar-refractivity contribution in [1.82, 2.24) is 19.6 Å². The van der Waals surface area contributed by atoms with Crippen molar-refractivity contribution in [2.45, 2.75) is 45.6 Å². The molecule has 0 aliphatic heterocycles. The summed E-state index contributed by atoms with van der Waals surface area (Å²) in [5.74, 6) is 2.65. The van der Waals surface area contributed by atoms with Crippen molar-refractivity contribution >= 4 is 11.6 Å². The van der Waals surface area contributed by atoms with Gasteiger partial charge < -0.3 is 4.90 Å². The predicted molar refractivity (Wildman–Crippen MR) is 75.3 cm³/mol. The fourth-order valence-corrected chi connectivity index (χ4v) is 2.98. The normalized spacial score (nSPS) is 23.7. The molecule has 0 aromatic carbocycles. The van der Waals surface area contributed by atoms with Crippen LogP contribution in [0.25, 0.3) is 5.78 Å². The van der Waals surface area contributed by atoms with Gasteiger partial charge in [-0.05, 0) is 38.5 Å². The summed E-state index contributed by atoms with van der Waals surface area (Å²) in [4.78, 5) is 10.9. The van der Waals surface area contributed by atoms with E-state index in [0.29, 0.717) is 11.8 Å². The van der Waals surface area contributed by atoms with Crippen LogP contribution < -0.4 is 4.90 Å². The van der Waals surface area contributed by atoms with E-state index in [2.05, 4.69) is 40.0 Å². The van der Waals surface area contributed by atoms with Gasteiger partial charge in [-0.3, -0.25) is 0 Å². The second-order valence-electron chi connectivity index (χ2n) is 5.75. The molecule has 3 rings (SSSR count). The van der Waals surface area contributed by atoms with Gasteiger partial charge >= 0.3 is 0 Å². The topological polar surface area (TPSA) is 46.3 Å². The Morgan fingerprint density at radius 2 is 2.00 bits per heavy atom. The summed E-state index contributed by atoms with van der Waals surface area (Å²) in [5, 5.41) is 4.29. The lowest BCUT2D eigenvalue weighted by atomic mass is 9.87. The van der Waals surface area contributed by atoms with Gasteiger partial charge in [0.05, 0.1) is 0 Å². The quantitative estimate of drug-likeness (QED) is 0.831. The van der Waals surface area contributed by atoms with Crippen LogP contribution in [-0.4, -0.2) is 32.7 Å². The van der Waals surface area contributed by atoms with Gasteiger partial charge in [-0.2, -0.15) is 14.6 Å². The fourth-order valence-electron chi connectivity index (χ4n) is 2.98. The van der Waals surface area contributed by atoms with Crippen molar-refractivity contribution in [1.29, 1.82) is 0 Å². The van der Waals surface area contributed by atoms with Gasteiger partial charge in [0.1, 0.15) is 12.1 Å². The van der Waals surface area contributed by atoms with Crippen molar-refractivity contribution in [3.05, 3.63) is 18.1 Å². The maximum atomic E-state index is 4.40. The van der Waals surface area contributed by atoms with E-state index in [9.17, 15) is 0 Å². The zero-order chi connectivity index (χ0) is 13.4. The van der Waals surface area contributed by atoms with E-state index in [1.54, 1.807) is 6.33 Å². The third-order valence-corrected chi connectivity index (χ3v) is 4.26. The molecule has 5 heteroatoms.